The third-order valence-electron chi connectivity index (χ3n) is 7.65. The predicted molar refractivity (Wildman–Crippen MR) is 180 cm³/mol. The molecule has 0 saturated heterocycles. The molecule has 5 rings (SSSR count). The summed E-state index contributed by atoms with van der Waals surface area (Å²) < 4.78 is 11.9. The van der Waals surface area contributed by atoms with E-state index in [0.717, 1.165) is 46.4 Å². The Labute approximate surface area is 271 Å². The Morgan fingerprint density at radius 3 is 1.80 bits per heavy atom. The number of phenolic OH excluding ortho intramolecular Hbond substituents is 1. The molecule has 234 valence electrons. The van der Waals surface area contributed by atoms with Gasteiger partial charge in [-0.05, 0) is 71.8 Å². The number of phenols is 1. The van der Waals surface area contributed by atoms with Gasteiger partial charge in [0.25, 0.3) is 0 Å². The van der Waals surface area contributed by atoms with Gasteiger partial charge in [-0.2, -0.15) is 0 Å². The van der Waals surface area contributed by atoms with Crippen molar-refractivity contribution in [1.29, 1.82) is 0 Å². The van der Waals surface area contributed by atoms with E-state index < -0.39 is 0 Å². The lowest BCUT2D eigenvalue weighted by Crippen LogP contribution is -2.34. The molecule has 0 aliphatic carbocycles. The van der Waals surface area contributed by atoms with Gasteiger partial charge < -0.3 is 14.6 Å². The zero-order chi connectivity index (χ0) is 32.0. The number of carbonyl (C=O) groups excluding carboxylic acids is 1. The third kappa shape index (κ3) is 9.60. The lowest BCUT2D eigenvalue weighted by molar-refractivity contribution is -0.167. The average molecular weight is 614 g/mol. The van der Waals surface area contributed by atoms with E-state index >= 15 is 0 Å². The van der Waals surface area contributed by atoms with E-state index in [-0.39, 0.29) is 18.2 Å². The first-order valence-electron chi connectivity index (χ1n) is 15.5. The average Bonchev–Trinajstić information content (AvgIpc) is 3.11. The number of allylic oxidation sites excluding steroid dienone is 1. The van der Waals surface area contributed by atoms with E-state index in [2.05, 4.69) is 18.1 Å². The van der Waals surface area contributed by atoms with Crippen LogP contribution in [0.15, 0.2) is 139 Å². The summed E-state index contributed by atoms with van der Waals surface area (Å²) in [6.07, 6.45) is 1.79. The number of hydrogen-bond donors (Lipinski definition) is 1. The van der Waals surface area contributed by atoms with Gasteiger partial charge in [-0.25, -0.2) is 9.86 Å². The van der Waals surface area contributed by atoms with E-state index in [1.54, 1.807) is 23.3 Å². The SMILES string of the molecule is CC(CCc1ccc(OCc2ccccc2)cc1)N(OCc1ccccc1)C(=C=O)Cc1ccc(O)c(OCc2ccccc2)c1. The largest absolute Gasteiger partial charge is 0.504 e. The predicted octanol–water partition coefficient (Wildman–Crippen LogP) is 8.26. The highest BCUT2D eigenvalue weighted by molar-refractivity contribution is 5.54. The van der Waals surface area contributed by atoms with Crippen LogP contribution in [0, 0.1) is 0 Å². The summed E-state index contributed by atoms with van der Waals surface area (Å²) in [5.41, 5.74) is 5.44. The monoisotopic (exact) mass is 613 g/mol. The van der Waals surface area contributed by atoms with E-state index in [1.165, 1.54) is 0 Å². The molecule has 5 aromatic carbocycles. The van der Waals surface area contributed by atoms with E-state index in [0.29, 0.717) is 31.3 Å². The standard InChI is InChI=1S/C40H39NO5/c1-31(17-18-32-19-22-38(23-20-32)44-28-33-11-5-2-6-12-33)41(46-30-35-15-9-4-10-16-35)37(27-42)25-36-21-24-39(43)40(26-36)45-29-34-13-7-3-8-14-34/h2-16,19-24,26,31,43H,17-18,25,28-30H2,1H3. The fraction of sp³-hybridized carbons (Fsp3) is 0.200. The van der Waals surface area contributed by atoms with Crippen LogP contribution in [-0.2, 0) is 42.3 Å². The Morgan fingerprint density at radius 2 is 1.22 bits per heavy atom. The van der Waals surface area contributed by atoms with Gasteiger partial charge in [0.05, 0.1) is 12.6 Å². The zero-order valence-electron chi connectivity index (χ0n) is 26.0. The van der Waals surface area contributed by atoms with Gasteiger partial charge in [-0.15, -0.1) is 0 Å². The molecule has 0 radical (unpaired) electrons. The summed E-state index contributed by atoms with van der Waals surface area (Å²) in [7, 11) is 0. The number of hydrogen-bond acceptors (Lipinski definition) is 6. The number of nitrogens with zero attached hydrogens (tertiary/aromatic N) is 1. The van der Waals surface area contributed by atoms with Crippen LogP contribution >= 0.6 is 0 Å². The summed E-state index contributed by atoms with van der Waals surface area (Å²) in [5, 5.41) is 12.1. The fourth-order valence-corrected chi connectivity index (χ4v) is 5.05. The van der Waals surface area contributed by atoms with Crippen molar-refractivity contribution < 1.29 is 24.2 Å². The van der Waals surface area contributed by atoms with Crippen molar-refractivity contribution in [3.05, 3.63) is 167 Å². The van der Waals surface area contributed by atoms with Crippen molar-refractivity contribution in [2.45, 2.75) is 52.0 Å². The minimum atomic E-state index is -0.125. The van der Waals surface area contributed by atoms with Crippen LogP contribution in [0.3, 0.4) is 0 Å². The molecular weight excluding hydrogens is 574 g/mol. The molecule has 0 aromatic heterocycles. The first-order chi connectivity index (χ1) is 22.6. The Balaban J connectivity index is 1.24. The molecule has 0 amide bonds. The molecule has 0 heterocycles. The maximum Gasteiger partial charge on any atom is 0.161 e. The quantitative estimate of drug-likeness (QED) is 0.0893. The molecular formula is C40H39NO5. The van der Waals surface area contributed by atoms with Crippen molar-refractivity contribution in [3.63, 3.8) is 0 Å². The van der Waals surface area contributed by atoms with Crippen LogP contribution in [-0.4, -0.2) is 22.2 Å². The molecule has 6 heteroatoms. The van der Waals surface area contributed by atoms with Gasteiger partial charge in [0.1, 0.15) is 30.6 Å². The van der Waals surface area contributed by atoms with E-state index in [1.807, 2.05) is 110 Å². The summed E-state index contributed by atoms with van der Waals surface area (Å²) >= 11 is 0. The van der Waals surface area contributed by atoms with Crippen LogP contribution < -0.4 is 9.47 Å². The fourth-order valence-electron chi connectivity index (χ4n) is 5.05. The highest BCUT2D eigenvalue weighted by atomic mass is 16.7. The van der Waals surface area contributed by atoms with Crippen molar-refractivity contribution in [1.82, 2.24) is 5.06 Å². The normalized spacial score (nSPS) is 11.3. The minimum absolute atomic E-state index is 0.0401. The summed E-state index contributed by atoms with van der Waals surface area (Å²) in [6, 6.07) is 42.9. The van der Waals surface area contributed by atoms with Crippen LogP contribution in [0.25, 0.3) is 0 Å². The zero-order valence-corrected chi connectivity index (χ0v) is 26.0. The molecule has 0 bridgehead atoms. The summed E-state index contributed by atoms with van der Waals surface area (Å²) in [6.45, 7) is 3.20. The molecule has 1 N–H and O–H groups in total. The number of rotatable bonds is 16. The molecule has 0 fully saturated rings. The Morgan fingerprint density at radius 1 is 0.674 bits per heavy atom. The Kier molecular flexibility index (Phi) is 11.7. The Bertz CT molecular complexity index is 1690. The molecule has 0 aliphatic heterocycles. The van der Waals surface area contributed by atoms with Crippen LogP contribution in [0.5, 0.6) is 17.2 Å². The van der Waals surface area contributed by atoms with Gasteiger partial charge in [-0.3, -0.25) is 4.84 Å². The lowest BCUT2D eigenvalue weighted by atomic mass is 10.0. The van der Waals surface area contributed by atoms with Crippen LogP contribution in [0.1, 0.15) is 41.2 Å². The maximum atomic E-state index is 12.4. The third-order valence-corrected chi connectivity index (χ3v) is 7.65. The lowest BCUT2D eigenvalue weighted by Gasteiger charge is -2.30. The smallest absolute Gasteiger partial charge is 0.161 e. The topological polar surface area (TPSA) is 68.2 Å². The first kappa shape index (κ1) is 32.1. The number of benzene rings is 5. The second kappa shape index (κ2) is 16.7. The molecule has 0 spiro atoms. The van der Waals surface area contributed by atoms with Gasteiger partial charge in [0.15, 0.2) is 11.5 Å². The summed E-state index contributed by atoms with van der Waals surface area (Å²) in [4.78, 5) is 18.7. The van der Waals surface area contributed by atoms with Gasteiger partial charge in [-0.1, -0.05) is 109 Å². The number of aromatic hydroxyl groups is 1. The highest BCUT2D eigenvalue weighted by Crippen LogP contribution is 2.29. The molecule has 1 atom stereocenters. The van der Waals surface area contributed by atoms with Gasteiger partial charge in [0.2, 0.25) is 0 Å². The van der Waals surface area contributed by atoms with Crippen molar-refractivity contribution in [2.24, 2.45) is 0 Å². The molecule has 46 heavy (non-hydrogen) atoms. The number of aryl methyl sites for hydroxylation is 1. The van der Waals surface area contributed by atoms with Crippen LogP contribution in [0.2, 0.25) is 0 Å². The van der Waals surface area contributed by atoms with E-state index in [9.17, 15) is 9.90 Å². The summed E-state index contributed by atoms with van der Waals surface area (Å²) in [5.74, 6) is 3.36. The first-order valence-corrected chi connectivity index (χ1v) is 15.5. The van der Waals surface area contributed by atoms with Crippen molar-refractivity contribution in [3.8, 4) is 17.2 Å². The molecule has 0 aliphatic rings. The maximum absolute atomic E-state index is 12.4. The second-order valence-electron chi connectivity index (χ2n) is 11.2. The second-order valence-corrected chi connectivity index (χ2v) is 11.2. The highest BCUT2D eigenvalue weighted by Gasteiger charge is 2.21. The molecule has 5 aromatic rings. The Hall–Kier alpha value is -5.29. The van der Waals surface area contributed by atoms with Crippen molar-refractivity contribution >= 4 is 5.94 Å². The van der Waals surface area contributed by atoms with Gasteiger partial charge in [0, 0.05) is 6.42 Å². The molecule has 6 nitrogen and oxygen atoms in total. The number of hydroxylamine groups is 2. The minimum Gasteiger partial charge on any atom is -0.504 e. The van der Waals surface area contributed by atoms with Crippen molar-refractivity contribution in [2.75, 3.05) is 0 Å². The van der Waals surface area contributed by atoms with E-state index in [4.69, 9.17) is 14.3 Å². The van der Waals surface area contributed by atoms with Gasteiger partial charge >= 0.3 is 0 Å². The molecule has 1 unspecified atom stereocenters. The number of ether oxygens (including phenoxy) is 2. The van der Waals surface area contributed by atoms with Crippen LogP contribution in [0.4, 0.5) is 0 Å². The molecule has 0 saturated carbocycles.